The molecule has 6 nitrogen and oxygen atoms in total. The Hall–Kier alpha value is -2.84. The number of aromatic nitrogens is 2. The summed E-state index contributed by atoms with van der Waals surface area (Å²) in [6, 6.07) is 4.69. The second kappa shape index (κ2) is 5.91. The minimum Gasteiger partial charge on any atom is -0.479 e. The fraction of sp³-hybridized carbons (Fsp3) is 0.312. The summed E-state index contributed by atoms with van der Waals surface area (Å²) < 4.78 is 44.2. The van der Waals surface area contributed by atoms with Crippen LogP contribution in [0.4, 0.5) is 24.5 Å². The highest BCUT2D eigenvalue weighted by atomic mass is 19.4. The van der Waals surface area contributed by atoms with Crippen molar-refractivity contribution in [3.05, 3.63) is 42.0 Å². The quantitative estimate of drug-likeness (QED) is 0.841. The van der Waals surface area contributed by atoms with E-state index in [1.54, 1.807) is 32.0 Å². The average molecular weight is 352 g/mol. The molecule has 2 atom stereocenters. The van der Waals surface area contributed by atoms with Crippen LogP contribution in [0.5, 0.6) is 5.75 Å². The Bertz CT molecular complexity index is 825. The van der Waals surface area contributed by atoms with Crippen molar-refractivity contribution in [1.29, 1.82) is 0 Å². The number of rotatable bonds is 2. The molecule has 132 valence electrons. The molecule has 2 aromatic rings. The zero-order valence-corrected chi connectivity index (χ0v) is 13.4. The molecule has 1 amide bonds. The first kappa shape index (κ1) is 17.0. The average Bonchev–Trinajstić information content (AvgIpc) is 2.55. The molecule has 0 spiro atoms. The van der Waals surface area contributed by atoms with Crippen LogP contribution in [-0.2, 0) is 11.0 Å². The van der Waals surface area contributed by atoms with Crippen molar-refractivity contribution in [1.82, 2.24) is 9.97 Å². The van der Waals surface area contributed by atoms with Gasteiger partial charge in [0.05, 0.1) is 11.7 Å². The molecule has 1 aliphatic heterocycles. The summed E-state index contributed by atoms with van der Waals surface area (Å²) in [4.78, 5) is 21.4. The first-order chi connectivity index (χ1) is 11.7. The fourth-order valence-electron chi connectivity index (χ4n) is 2.63. The number of benzene rings is 1. The van der Waals surface area contributed by atoms with E-state index in [2.05, 4.69) is 9.97 Å². The summed E-state index contributed by atoms with van der Waals surface area (Å²) in [6.07, 6.45) is -4.37. The number of carbonyl (C=O) groups excluding carboxylic acids is 1. The maximum atomic E-state index is 12.9. The largest absolute Gasteiger partial charge is 0.479 e. The van der Waals surface area contributed by atoms with E-state index in [1.807, 2.05) is 0 Å². The van der Waals surface area contributed by atoms with E-state index in [4.69, 9.17) is 10.5 Å². The summed E-state index contributed by atoms with van der Waals surface area (Å²) in [7, 11) is 0. The summed E-state index contributed by atoms with van der Waals surface area (Å²) in [5.74, 6) is -0.128. The van der Waals surface area contributed by atoms with Gasteiger partial charge < -0.3 is 10.5 Å². The van der Waals surface area contributed by atoms with E-state index in [1.165, 1.54) is 4.90 Å². The van der Waals surface area contributed by atoms with Crippen molar-refractivity contribution in [2.75, 3.05) is 10.6 Å². The lowest BCUT2D eigenvalue weighted by molar-refractivity contribution is -0.141. The van der Waals surface area contributed by atoms with Crippen LogP contribution in [0.2, 0.25) is 0 Å². The van der Waals surface area contributed by atoms with Crippen molar-refractivity contribution in [2.45, 2.75) is 32.2 Å². The summed E-state index contributed by atoms with van der Waals surface area (Å²) >= 11 is 0. The van der Waals surface area contributed by atoms with Gasteiger partial charge in [-0.25, -0.2) is 9.97 Å². The van der Waals surface area contributed by atoms with Gasteiger partial charge in [0.1, 0.15) is 11.4 Å². The van der Waals surface area contributed by atoms with Crippen molar-refractivity contribution in [3.8, 4) is 5.75 Å². The van der Waals surface area contributed by atoms with Crippen LogP contribution in [0.15, 0.2) is 30.5 Å². The Morgan fingerprint density at radius 3 is 2.72 bits per heavy atom. The molecular weight excluding hydrogens is 337 g/mol. The van der Waals surface area contributed by atoms with E-state index in [9.17, 15) is 18.0 Å². The number of nitrogens with two attached hydrogens (primary N) is 1. The van der Waals surface area contributed by atoms with Crippen LogP contribution >= 0.6 is 0 Å². The molecule has 0 bridgehead atoms. The van der Waals surface area contributed by atoms with E-state index in [-0.39, 0.29) is 5.82 Å². The molecule has 0 radical (unpaired) electrons. The predicted molar refractivity (Wildman–Crippen MR) is 83.9 cm³/mol. The Balaban J connectivity index is 2.05. The smallest absolute Gasteiger partial charge is 0.433 e. The van der Waals surface area contributed by atoms with Crippen LogP contribution in [-0.4, -0.2) is 22.0 Å². The number of anilines is 2. The summed E-state index contributed by atoms with van der Waals surface area (Å²) in [6.45, 7) is 3.12. The fourth-order valence-corrected chi connectivity index (χ4v) is 2.63. The Labute approximate surface area is 141 Å². The SMILES string of the molecule is CC(c1nccc(C(F)(F)F)n1)N1C(=O)[C@@H](C)Oc2cc(N)ccc21. The van der Waals surface area contributed by atoms with Crippen molar-refractivity contribution in [3.63, 3.8) is 0 Å². The maximum Gasteiger partial charge on any atom is 0.433 e. The lowest BCUT2D eigenvalue weighted by atomic mass is 10.1. The molecule has 1 unspecified atom stereocenters. The zero-order chi connectivity index (χ0) is 18.4. The highest BCUT2D eigenvalue weighted by Gasteiger charge is 2.38. The molecule has 2 N–H and O–H groups in total. The van der Waals surface area contributed by atoms with E-state index < -0.39 is 29.9 Å². The number of carbonyl (C=O) groups is 1. The third-order valence-electron chi connectivity index (χ3n) is 3.86. The molecular formula is C16H15F3N4O2. The number of amides is 1. The Kier molecular flexibility index (Phi) is 4.02. The van der Waals surface area contributed by atoms with Gasteiger partial charge in [-0.1, -0.05) is 0 Å². The van der Waals surface area contributed by atoms with Crippen LogP contribution in [0, 0.1) is 0 Å². The van der Waals surface area contributed by atoms with Gasteiger partial charge in [-0.15, -0.1) is 0 Å². The molecule has 0 aliphatic carbocycles. The third kappa shape index (κ3) is 3.09. The molecule has 1 aliphatic rings. The van der Waals surface area contributed by atoms with Gasteiger partial charge in [0.15, 0.2) is 11.9 Å². The predicted octanol–water partition coefficient (Wildman–Crippen LogP) is 2.95. The molecule has 0 saturated heterocycles. The minimum absolute atomic E-state index is 0.111. The third-order valence-corrected chi connectivity index (χ3v) is 3.86. The maximum absolute atomic E-state index is 12.9. The van der Waals surface area contributed by atoms with Crippen molar-refractivity contribution >= 4 is 17.3 Å². The van der Waals surface area contributed by atoms with E-state index >= 15 is 0 Å². The van der Waals surface area contributed by atoms with Crippen LogP contribution < -0.4 is 15.4 Å². The monoisotopic (exact) mass is 352 g/mol. The minimum atomic E-state index is -4.59. The summed E-state index contributed by atoms with van der Waals surface area (Å²) in [5, 5.41) is 0. The first-order valence-corrected chi connectivity index (χ1v) is 7.48. The van der Waals surface area contributed by atoms with Gasteiger partial charge >= 0.3 is 6.18 Å². The number of fused-ring (bicyclic) bond motifs is 1. The van der Waals surface area contributed by atoms with Gasteiger partial charge in [0.25, 0.3) is 5.91 Å². The number of alkyl halides is 3. The molecule has 25 heavy (non-hydrogen) atoms. The molecule has 1 aromatic carbocycles. The van der Waals surface area contributed by atoms with Gasteiger partial charge in [-0.05, 0) is 32.0 Å². The van der Waals surface area contributed by atoms with Crippen LogP contribution in [0.1, 0.15) is 31.4 Å². The lowest BCUT2D eigenvalue weighted by Crippen LogP contribution is -2.46. The molecule has 0 fully saturated rings. The number of hydrogen-bond donors (Lipinski definition) is 1. The molecule has 2 heterocycles. The number of nitrogen functional groups attached to an aromatic ring is 1. The van der Waals surface area contributed by atoms with Gasteiger partial charge in [0, 0.05) is 18.0 Å². The summed E-state index contributed by atoms with van der Waals surface area (Å²) in [5.41, 5.74) is 5.53. The first-order valence-electron chi connectivity index (χ1n) is 7.48. The van der Waals surface area contributed by atoms with Crippen molar-refractivity contribution < 1.29 is 22.7 Å². The van der Waals surface area contributed by atoms with Crippen LogP contribution in [0.3, 0.4) is 0 Å². The van der Waals surface area contributed by atoms with Crippen LogP contribution in [0.25, 0.3) is 0 Å². The van der Waals surface area contributed by atoms with E-state index in [0.717, 1.165) is 12.3 Å². The second-order valence-corrected chi connectivity index (χ2v) is 5.67. The number of hydrogen-bond acceptors (Lipinski definition) is 5. The highest BCUT2D eigenvalue weighted by Crippen LogP contribution is 2.40. The number of nitrogens with zero attached hydrogens (tertiary/aromatic N) is 3. The highest BCUT2D eigenvalue weighted by molar-refractivity contribution is 6.00. The van der Waals surface area contributed by atoms with Gasteiger partial charge in [-0.3, -0.25) is 9.69 Å². The Morgan fingerprint density at radius 2 is 2.04 bits per heavy atom. The zero-order valence-electron chi connectivity index (χ0n) is 13.4. The number of halogens is 3. The topological polar surface area (TPSA) is 81.3 Å². The molecule has 9 heteroatoms. The van der Waals surface area contributed by atoms with E-state index in [0.29, 0.717) is 17.1 Å². The van der Waals surface area contributed by atoms with Crippen molar-refractivity contribution in [2.24, 2.45) is 0 Å². The molecule has 0 saturated carbocycles. The van der Waals surface area contributed by atoms with Gasteiger partial charge in [0.2, 0.25) is 0 Å². The molecule has 1 aromatic heterocycles. The normalized spacial score (nSPS) is 18.5. The Morgan fingerprint density at radius 1 is 1.32 bits per heavy atom. The van der Waals surface area contributed by atoms with Gasteiger partial charge in [-0.2, -0.15) is 13.2 Å². The molecule has 3 rings (SSSR count). The number of ether oxygens (including phenoxy) is 1. The lowest BCUT2D eigenvalue weighted by Gasteiger charge is -2.36. The standard InChI is InChI=1S/C16H15F3N4O2/c1-8(14-21-6-5-13(22-14)16(17,18)19)23-11-4-3-10(20)7-12(11)25-9(2)15(23)24/h3-9H,20H2,1-2H3/t8?,9-/m1/s1. The second-order valence-electron chi connectivity index (χ2n) is 5.67.